The fourth-order valence-electron chi connectivity index (χ4n) is 2.05. The second-order valence-corrected chi connectivity index (χ2v) is 6.52. The number of benzene rings is 1. The molecule has 1 aromatic carbocycles. The van der Waals surface area contributed by atoms with E-state index in [0.717, 1.165) is 11.1 Å². The SMILES string of the molecule is CNCc1ccc(S(=O)(=O)NCCc2ccccc2C)o1. The zero-order chi connectivity index (χ0) is 15.3. The Labute approximate surface area is 125 Å². The maximum Gasteiger partial charge on any atom is 0.273 e. The molecular formula is C15H20N2O3S. The molecule has 0 amide bonds. The molecule has 2 aromatic rings. The zero-order valence-electron chi connectivity index (χ0n) is 12.2. The van der Waals surface area contributed by atoms with E-state index in [0.29, 0.717) is 25.3 Å². The molecule has 0 saturated carbocycles. The summed E-state index contributed by atoms with van der Waals surface area (Å²) >= 11 is 0. The summed E-state index contributed by atoms with van der Waals surface area (Å²) in [6.45, 7) is 2.86. The summed E-state index contributed by atoms with van der Waals surface area (Å²) in [5, 5.41) is 2.87. The van der Waals surface area contributed by atoms with E-state index in [1.807, 2.05) is 31.2 Å². The quantitative estimate of drug-likeness (QED) is 0.818. The Kier molecular flexibility index (Phi) is 5.17. The van der Waals surface area contributed by atoms with Crippen LogP contribution in [0.2, 0.25) is 0 Å². The van der Waals surface area contributed by atoms with Gasteiger partial charge in [-0.25, -0.2) is 13.1 Å². The highest BCUT2D eigenvalue weighted by Gasteiger charge is 2.18. The van der Waals surface area contributed by atoms with E-state index in [2.05, 4.69) is 10.0 Å². The van der Waals surface area contributed by atoms with Gasteiger partial charge in [-0.15, -0.1) is 0 Å². The highest BCUT2D eigenvalue weighted by molar-refractivity contribution is 7.89. The Morgan fingerprint density at radius 2 is 1.90 bits per heavy atom. The van der Waals surface area contributed by atoms with Crippen molar-refractivity contribution in [2.75, 3.05) is 13.6 Å². The van der Waals surface area contributed by atoms with Crippen LogP contribution in [0.1, 0.15) is 16.9 Å². The van der Waals surface area contributed by atoms with Gasteiger partial charge in [0.1, 0.15) is 5.76 Å². The molecule has 1 heterocycles. The molecule has 0 fully saturated rings. The summed E-state index contributed by atoms with van der Waals surface area (Å²) in [5.74, 6) is 0.594. The predicted molar refractivity (Wildman–Crippen MR) is 81.5 cm³/mol. The minimum absolute atomic E-state index is 0.0440. The highest BCUT2D eigenvalue weighted by Crippen LogP contribution is 2.14. The van der Waals surface area contributed by atoms with E-state index in [9.17, 15) is 8.42 Å². The van der Waals surface area contributed by atoms with Crippen molar-refractivity contribution in [3.63, 3.8) is 0 Å². The van der Waals surface area contributed by atoms with Crippen LogP contribution in [0.25, 0.3) is 0 Å². The van der Waals surface area contributed by atoms with Gasteiger partial charge in [-0.1, -0.05) is 24.3 Å². The summed E-state index contributed by atoms with van der Waals surface area (Å²) in [5.41, 5.74) is 2.29. The Hall–Kier alpha value is -1.63. The summed E-state index contributed by atoms with van der Waals surface area (Å²) in [6, 6.07) is 11.1. The smallest absolute Gasteiger partial charge is 0.273 e. The van der Waals surface area contributed by atoms with E-state index in [1.165, 1.54) is 6.07 Å². The second kappa shape index (κ2) is 6.89. The van der Waals surface area contributed by atoms with Crippen molar-refractivity contribution in [2.24, 2.45) is 0 Å². The number of furan rings is 1. The van der Waals surface area contributed by atoms with E-state index in [4.69, 9.17) is 4.42 Å². The molecule has 0 radical (unpaired) electrons. The summed E-state index contributed by atoms with van der Waals surface area (Å²) in [7, 11) is -1.81. The van der Waals surface area contributed by atoms with Crippen LogP contribution in [-0.2, 0) is 23.0 Å². The van der Waals surface area contributed by atoms with Crippen molar-refractivity contribution in [1.29, 1.82) is 0 Å². The number of hydrogen-bond donors (Lipinski definition) is 2. The van der Waals surface area contributed by atoms with Gasteiger partial charge in [0.2, 0.25) is 5.09 Å². The van der Waals surface area contributed by atoms with Gasteiger partial charge in [0.05, 0.1) is 6.54 Å². The lowest BCUT2D eigenvalue weighted by atomic mass is 10.1. The first kappa shape index (κ1) is 15.8. The molecule has 6 heteroatoms. The van der Waals surface area contributed by atoms with Crippen LogP contribution in [-0.4, -0.2) is 22.0 Å². The van der Waals surface area contributed by atoms with Crippen LogP contribution in [0.3, 0.4) is 0 Å². The van der Waals surface area contributed by atoms with Gasteiger partial charge in [0.25, 0.3) is 10.0 Å². The fourth-order valence-corrected chi connectivity index (χ4v) is 3.03. The Bertz CT molecular complexity index is 692. The molecule has 0 aliphatic heterocycles. The molecule has 2 rings (SSSR count). The third kappa shape index (κ3) is 4.17. The molecular weight excluding hydrogens is 288 g/mol. The number of hydrogen-bond acceptors (Lipinski definition) is 4. The number of rotatable bonds is 7. The van der Waals surface area contributed by atoms with Crippen molar-refractivity contribution in [1.82, 2.24) is 10.0 Å². The van der Waals surface area contributed by atoms with Crippen molar-refractivity contribution in [3.8, 4) is 0 Å². The highest BCUT2D eigenvalue weighted by atomic mass is 32.2. The molecule has 0 spiro atoms. The largest absolute Gasteiger partial charge is 0.447 e. The molecule has 1 aromatic heterocycles. The molecule has 21 heavy (non-hydrogen) atoms. The summed E-state index contributed by atoms with van der Waals surface area (Å²) < 4.78 is 32.1. The summed E-state index contributed by atoms with van der Waals surface area (Å²) in [4.78, 5) is 0. The molecule has 2 N–H and O–H groups in total. The van der Waals surface area contributed by atoms with Gasteiger partial charge in [0.15, 0.2) is 0 Å². The minimum Gasteiger partial charge on any atom is -0.447 e. The molecule has 0 bridgehead atoms. The average molecular weight is 308 g/mol. The Balaban J connectivity index is 1.96. The molecule has 0 aliphatic rings. The maximum absolute atomic E-state index is 12.1. The third-order valence-corrected chi connectivity index (χ3v) is 4.53. The van der Waals surface area contributed by atoms with E-state index < -0.39 is 10.0 Å². The summed E-state index contributed by atoms with van der Waals surface area (Å²) in [6.07, 6.45) is 0.649. The lowest BCUT2D eigenvalue weighted by Crippen LogP contribution is -2.25. The molecule has 5 nitrogen and oxygen atoms in total. The Morgan fingerprint density at radius 1 is 1.14 bits per heavy atom. The predicted octanol–water partition coefficient (Wildman–Crippen LogP) is 1.83. The number of aryl methyl sites for hydroxylation is 1. The first-order valence-corrected chi connectivity index (χ1v) is 8.29. The molecule has 114 valence electrons. The van der Waals surface area contributed by atoms with Crippen molar-refractivity contribution >= 4 is 10.0 Å². The normalized spacial score (nSPS) is 11.7. The van der Waals surface area contributed by atoms with E-state index in [-0.39, 0.29) is 5.09 Å². The first-order valence-electron chi connectivity index (χ1n) is 6.80. The number of nitrogens with one attached hydrogen (secondary N) is 2. The molecule has 0 saturated heterocycles. The van der Waals surface area contributed by atoms with Crippen molar-refractivity contribution < 1.29 is 12.8 Å². The van der Waals surface area contributed by atoms with Crippen molar-refractivity contribution in [3.05, 3.63) is 53.3 Å². The molecule has 0 atom stereocenters. The maximum atomic E-state index is 12.1. The van der Waals surface area contributed by atoms with E-state index >= 15 is 0 Å². The van der Waals surface area contributed by atoms with Gasteiger partial charge in [-0.05, 0) is 43.7 Å². The molecule has 0 aliphatic carbocycles. The first-order chi connectivity index (χ1) is 10.0. The number of sulfonamides is 1. The van der Waals surface area contributed by atoms with Crippen molar-refractivity contribution in [2.45, 2.75) is 25.0 Å². The van der Waals surface area contributed by atoms with Crippen LogP contribution >= 0.6 is 0 Å². The second-order valence-electron chi connectivity index (χ2n) is 4.83. The monoisotopic (exact) mass is 308 g/mol. The van der Waals surface area contributed by atoms with Gasteiger partial charge in [0, 0.05) is 6.54 Å². The van der Waals surface area contributed by atoms with Gasteiger partial charge >= 0.3 is 0 Å². The molecule has 0 unspecified atom stereocenters. The van der Waals surface area contributed by atoms with Crippen LogP contribution < -0.4 is 10.0 Å². The van der Waals surface area contributed by atoms with Crippen LogP contribution in [0, 0.1) is 6.92 Å². The zero-order valence-corrected chi connectivity index (χ0v) is 13.0. The van der Waals surface area contributed by atoms with Crippen LogP contribution in [0.5, 0.6) is 0 Å². The Morgan fingerprint density at radius 3 is 2.62 bits per heavy atom. The lowest BCUT2D eigenvalue weighted by molar-refractivity contribution is 0.404. The topological polar surface area (TPSA) is 71.3 Å². The van der Waals surface area contributed by atoms with Gasteiger partial charge in [-0.3, -0.25) is 0 Å². The fraction of sp³-hybridized carbons (Fsp3) is 0.333. The third-order valence-electron chi connectivity index (χ3n) is 3.20. The van der Waals surface area contributed by atoms with Gasteiger partial charge in [-0.2, -0.15) is 0 Å². The van der Waals surface area contributed by atoms with E-state index in [1.54, 1.807) is 13.1 Å². The van der Waals surface area contributed by atoms with Gasteiger partial charge < -0.3 is 9.73 Å². The average Bonchev–Trinajstić information content (AvgIpc) is 2.91. The minimum atomic E-state index is -3.59. The van der Waals surface area contributed by atoms with Crippen LogP contribution in [0.4, 0.5) is 0 Å². The van der Waals surface area contributed by atoms with Crippen LogP contribution in [0.15, 0.2) is 45.9 Å². The standard InChI is InChI=1S/C15H20N2O3S/c1-12-5-3-4-6-13(12)9-10-17-21(18,19)15-8-7-14(20-15)11-16-2/h3-8,16-17H,9-11H2,1-2H3. The lowest BCUT2D eigenvalue weighted by Gasteiger charge is -2.06.